The fourth-order valence-corrected chi connectivity index (χ4v) is 4.37. The van der Waals surface area contributed by atoms with Crippen LogP contribution in [0.25, 0.3) is 5.69 Å². The lowest BCUT2D eigenvalue weighted by Gasteiger charge is -2.31. The molecule has 7 nitrogen and oxygen atoms in total. The standard InChI is InChI=1S/C21H27N7/c1-16-18(15-28(25-16)19-5-3-2-4-6-19)14-26-10-7-17(8-11-26)21-24-23-20-13-22-9-12-27(20)21/h2-6,15,17,22H,7-14H2,1H3. The number of fused-ring (bicyclic) bond motifs is 1. The van der Waals surface area contributed by atoms with Gasteiger partial charge in [0.05, 0.1) is 17.9 Å². The molecule has 0 saturated carbocycles. The summed E-state index contributed by atoms with van der Waals surface area (Å²) < 4.78 is 4.33. The first-order valence-corrected chi connectivity index (χ1v) is 10.2. The summed E-state index contributed by atoms with van der Waals surface area (Å²) in [7, 11) is 0. The molecule has 28 heavy (non-hydrogen) atoms. The van der Waals surface area contributed by atoms with Crippen molar-refractivity contribution in [1.82, 2.24) is 34.8 Å². The van der Waals surface area contributed by atoms with E-state index in [1.54, 1.807) is 0 Å². The number of piperidine rings is 1. The van der Waals surface area contributed by atoms with Crippen LogP contribution in [0.2, 0.25) is 0 Å². The van der Waals surface area contributed by atoms with Gasteiger partial charge in [-0.2, -0.15) is 5.10 Å². The van der Waals surface area contributed by atoms with Crippen LogP contribution < -0.4 is 5.32 Å². The second kappa shape index (κ2) is 7.48. The molecule has 146 valence electrons. The highest BCUT2D eigenvalue weighted by Crippen LogP contribution is 2.29. The summed E-state index contributed by atoms with van der Waals surface area (Å²) in [6.07, 6.45) is 4.48. The number of aryl methyl sites for hydroxylation is 1. The van der Waals surface area contributed by atoms with Gasteiger partial charge in [0.25, 0.3) is 0 Å². The van der Waals surface area contributed by atoms with Gasteiger partial charge in [-0.15, -0.1) is 10.2 Å². The predicted molar refractivity (Wildman–Crippen MR) is 107 cm³/mol. The number of aromatic nitrogens is 5. The molecular weight excluding hydrogens is 350 g/mol. The average molecular weight is 377 g/mol. The third-order valence-electron chi connectivity index (χ3n) is 6.02. The highest BCUT2D eigenvalue weighted by atomic mass is 15.3. The highest BCUT2D eigenvalue weighted by Gasteiger charge is 2.27. The predicted octanol–water partition coefficient (Wildman–Crippen LogP) is 2.26. The number of hydrogen-bond donors (Lipinski definition) is 1. The number of rotatable bonds is 4. The molecule has 4 heterocycles. The van der Waals surface area contributed by atoms with E-state index in [0.717, 1.165) is 69.3 Å². The lowest BCUT2D eigenvalue weighted by molar-refractivity contribution is 0.199. The Bertz CT molecular complexity index is 935. The van der Waals surface area contributed by atoms with E-state index >= 15 is 0 Å². The summed E-state index contributed by atoms with van der Waals surface area (Å²) in [5.41, 5.74) is 3.54. The molecule has 5 rings (SSSR count). The van der Waals surface area contributed by atoms with Crippen LogP contribution >= 0.6 is 0 Å². The molecule has 1 N–H and O–H groups in total. The Hall–Kier alpha value is -2.51. The minimum atomic E-state index is 0.531. The summed E-state index contributed by atoms with van der Waals surface area (Å²) >= 11 is 0. The van der Waals surface area contributed by atoms with Gasteiger partial charge in [-0.25, -0.2) is 4.68 Å². The first-order valence-electron chi connectivity index (χ1n) is 10.2. The second-order valence-electron chi connectivity index (χ2n) is 7.87. The maximum Gasteiger partial charge on any atom is 0.147 e. The molecule has 0 radical (unpaired) electrons. The van der Waals surface area contributed by atoms with Crippen LogP contribution in [0.4, 0.5) is 0 Å². The van der Waals surface area contributed by atoms with Crippen LogP contribution in [0.1, 0.15) is 41.7 Å². The number of benzene rings is 1. The molecule has 0 unspecified atom stereocenters. The van der Waals surface area contributed by atoms with Crippen molar-refractivity contribution in [2.24, 2.45) is 0 Å². The van der Waals surface area contributed by atoms with Crippen molar-refractivity contribution < 1.29 is 0 Å². The number of likely N-dealkylation sites (tertiary alicyclic amines) is 1. The third-order valence-corrected chi connectivity index (χ3v) is 6.02. The fraction of sp³-hybridized carbons (Fsp3) is 0.476. The second-order valence-corrected chi connectivity index (χ2v) is 7.87. The Morgan fingerprint density at radius 1 is 1.07 bits per heavy atom. The van der Waals surface area contributed by atoms with E-state index in [1.165, 1.54) is 11.4 Å². The molecule has 7 heteroatoms. The maximum atomic E-state index is 4.71. The summed E-state index contributed by atoms with van der Waals surface area (Å²) in [6, 6.07) is 10.3. The van der Waals surface area contributed by atoms with E-state index in [9.17, 15) is 0 Å². The van der Waals surface area contributed by atoms with Crippen molar-refractivity contribution in [2.45, 2.75) is 45.3 Å². The van der Waals surface area contributed by atoms with Gasteiger partial charge in [0.15, 0.2) is 0 Å². The van der Waals surface area contributed by atoms with Gasteiger partial charge in [0.2, 0.25) is 0 Å². The Labute approximate surface area is 165 Å². The molecule has 0 bridgehead atoms. The van der Waals surface area contributed by atoms with Crippen LogP contribution in [-0.4, -0.2) is 49.1 Å². The van der Waals surface area contributed by atoms with E-state index in [4.69, 9.17) is 5.10 Å². The molecule has 0 aliphatic carbocycles. The van der Waals surface area contributed by atoms with Crippen molar-refractivity contribution in [3.05, 3.63) is 59.4 Å². The van der Waals surface area contributed by atoms with Gasteiger partial charge in [-0.3, -0.25) is 4.90 Å². The molecule has 0 spiro atoms. The Morgan fingerprint density at radius 2 is 1.89 bits per heavy atom. The van der Waals surface area contributed by atoms with Crippen molar-refractivity contribution >= 4 is 0 Å². The first kappa shape index (κ1) is 17.6. The number of para-hydroxylation sites is 1. The molecule has 2 aliphatic rings. The van der Waals surface area contributed by atoms with E-state index < -0.39 is 0 Å². The minimum Gasteiger partial charge on any atom is -0.312 e. The monoisotopic (exact) mass is 377 g/mol. The normalized spacial score (nSPS) is 18.3. The summed E-state index contributed by atoms with van der Waals surface area (Å²) in [5, 5.41) is 17.0. The van der Waals surface area contributed by atoms with Gasteiger partial charge in [0.1, 0.15) is 11.6 Å². The van der Waals surface area contributed by atoms with Crippen molar-refractivity contribution in [3.8, 4) is 5.69 Å². The van der Waals surface area contributed by atoms with Gasteiger partial charge >= 0.3 is 0 Å². The first-order chi connectivity index (χ1) is 13.8. The molecule has 3 aromatic rings. The van der Waals surface area contributed by atoms with Gasteiger partial charge in [0, 0.05) is 37.3 Å². The van der Waals surface area contributed by atoms with E-state index in [2.05, 4.69) is 62.4 Å². The lowest BCUT2D eigenvalue weighted by atomic mass is 9.95. The van der Waals surface area contributed by atoms with Gasteiger partial charge < -0.3 is 9.88 Å². The Balaban J connectivity index is 1.23. The lowest BCUT2D eigenvalue weighted by Crippen LogP contribution is -2.34. The highest BCUT2D eigenvalue weighted by molar-refractivity contribution is 5.32. The molecule has 1 fully saturated rings. The molecule has 0 amide bonds. The summed E-state index contributed by atoms with van der Waals surface area (Å²) in [4.78, 5) is 2.55. The molecular formula is C21H27N7. The maximum absolute atomic E-state index is 4.71. The van der Waals surface area contributed by atoms with Gasteiger partial charge in [-0.05, 0) is 45.0 Å². The third kappa shape index (κ3) is 3.36. The molecule has 1 saturated heterocycles. The zero-order chi connectivity index (χ0) is 18.9. The van der Waals surface area contributed by atoms with E-state index in [0.29, 0.717) is 5.92 Å². The molecule has 0 atom stereocenters. The topological polar surface area (TPSA) is 63.8 Å². The Morgan fingerprint density at radius 3 is 2.71 bits per heavy atom. The smallest absolute Gasteiger partial charge is 0.147 e. The van der Waals surface area contributed by atoms with Crippen molar-refractivity contribution in [3.63, 3.8) is 0 Å². The van der Waals surface area contributed by atoms with Crippen molar-refractivity contribution in [2.75, 3.05) is 19.6 Å². The van der Waals surface area contributed by atoms with Crippen LogP contribution in [0, 0.1) is 6.92 Å². The summed E-state index contributed by atoms with van der Waals surface area (Å²) in [6.45, 7) is 8.13. The minimum absolute atomic E-state index is 0.531. The number of hydrogen-bond acceptors (Lipinski definition) is 5. The molecule has 2 aromatic heterocycles. The average Bonchev–Trinajstić information content (AvgIpc) is 3.33. The quantitative estimate of drug-likeness (QED) is 0.756. The number of nitrogens with zero attached hydrogens (tertiary/aromatic N) is 6. The van der Waals surface area contributed by atoms with E-state index in [-0.39, 0.29) is 0 Å². The fourth-order valence-electron chi connectivity index (χ4n) is 4.37. The Kier molecular flexibility index (Phi) is 4.70. The van der Waals surface area contributed by atoms with E-state index in [1.807, 2.05) is 10.7 Å². The van der Waals surface area contributed by atoms with Crippen LogP contribution in [0.15, 0.2) is 36.5 Å². The molecule has 1 aromatic carbocycles. The van der Waals surface area contributed by atoms with Crippen LogP contribution in [-0.2, 0) is 19.6 Å². The summed E-state index contributed by atoms with van der Waals surface area (Å²) in [5.74, 6) is 2.82. The largest absolute Gasteiger partial charge is 0.312 e. The van der Waals surface area contributed by atoms with Crippen LogP contribution in [0.3, 0.4) is 0 Å². The zero-order valence-electron chi connectivity index (χ0n) is 16.4. The molecule has 2 aliphatic heterocycles. The number of nitrogens with one attached hydrogen (secondary N) is 1. The van der Waals surface area contributed by atoms with Gasteiger partial charge in [-0.1, -0.05) is 18.2 Å². The van der Waals surface area contributed by atoms with Crippen molar-refractivity contribution in [1.29, 1.82) is 0 Å². The zero-order valence-corrected chi connectivity index (χ0v) is 16.4. The SMILES string of the molecule is Cc1nn(-c2ccccc2)cc1CN1CCC(c2nnc3n2CCNC3)CC1. The van der Waals surface area contributed by atoms with Crippen LogP contribution in [0.5, 0.6) is 0 Å².